The van der Waals surface area contributed by atoms with Gasteiger partial charge in [-0.3, -0.25) is 0 Å². The van der Waals surface area contributed by atoms with Crippen molar-refractivity contribution in [3.05, 3.63) is 42.2 Å². The zero-order valence-electron chi connectivity index (χ0n) is 8.66. The number of hydrogen-bond donors (Lipinski definition) is 3. The van der Waals surface area contributed by atoms with Gasteiger partial charge in [0.2, 0.25) is 5.95 Å². The summed E-state index contributed by atoms with van der Waals surface area (Å²) in [6.45, 7) is 0. The molecular formula is C11H9N3O3. The second kappa shape index (κ2) is 4.48. The van der Waals surface area contributed by atoms with Gasteiger partial charge in [0.15, 0.2) is 0 Å². The highest BCUT2D eigenvalue weighted by Gasteiger charge is 2.08. The molecule has 1 heterocycles. The molecule has 0 aliphatic carbocycles. The molecule has 0 saturated heterocycles. The molecule has 6 heteroatoms. The highest BCUT2D eigenvalue weighted by atomic mass is 16.4. The number of aromatic carboxylic acids is 1. The Bertz CT molecular complexity index is 543. The van der Waals surface area contributed by atoms with E-state index < -0.39 is 5.97 Å². The largest absolute Gasteiger partial charge is 0.506 e. The van der Waals surface area contributed by atoms with Crippen molar-refractivity contribution in [2.45, 2.75) is 0 Å². The van der Waals surface area contributed by atoms with E-state index in [-0.39, 0.29) is 11.3 Å². The lowest BCUT2D eigenvalue weighted by Crippen LogP contribution is -1.99. The molecule has 0 radical (unpaired) electrons. The van der Waals surface area contributed by atoms with Crippen LogP contribution in [-0.4, -0.2) is 26.2 Å². The summed E-state index contributed by atoms with van der Waals surface area (Å²) in [6, 6.07) is 5.66. The molecule has 17 heavy (non-hydrogen) atoms. The average molecular weight is 231 g/mol. The smallest absolute Gasteiger partial charge is 0.335 e. The summed E-state index contributed by atoms with van der Waals surface area (Å²) in [4.78, 5) is 18.5. The van der Waals surface area contributed by atoms with Crippen LogP contribution in [0.3, 0.4) is 0 Å². The van der Waals surface area contributed by atoms with Crippen LogP contribution in [0.5, 0.6) is 5.75 Å². The van der Waals surface area contributed by atoms with Crippen LogP contribution in [0.2, 0.25) is 0 Å². The monoisotopic (exact) mass is 231 g/mol. The van der Waals surface area contributed by atoms with Crippen LogP contribution in [0.15, 0.2) is 36.7 Å². The number of carbonyl (C=O) groups is 1. The lowest BCUT2D eigenvalue weighted by molar-refractivity contribution is 0.0696. The summed E-state index contributed by atoms with van der Waals surface area (Å²) in [7, 11) is 0. The molecule has 0 unspecified atom stereocenters. The van der Waals surface area contributed by atoms with Crippen molar-refractivity contribution in [2.75, 3.05) is 5.32 Å². The van der Waals surface area contributed by atoms with Gasteiger partial charge in [-0.2, -0.15) is 0 Å². The molecule has 0 aliphatic heterocycles. The van der Waals surface area contributed by atoms with Crippen LogP contribution < -0.4 is 5.32 Å². The number of phenols is 1. The molecule has 6 nitrogen and oxygen atoms in total. The first kappa shape index (κ1) is 10.9. The lowest BCUT2D eigenvalue weighted by atomic mass is 10.2. The van der Waals surface area contributed by atoms with Gasteiger partial charge in [-0.1, -0.05) is 0 Å². The Morgan fingerprint density at radius 3 is 2.53 bits per heavy atom. The SMILES string of the molecule is O=C(O)c1ccc(Nc2ncccn2)c(O)c1. The van der Waals surface area contributed by atoms with E-state index in [1.165, 1.54) is 12.1 Å². The Kier molecular flexibility index (Phi) is 2.87. The number of hydrogen-bond acceptors (Lipinski definition) is 5. The number of nitrogens with one attached hydrogen (secondary N) is 1. The standard InChI is InChI=1S/C11H9N3O3/c15-9-6-7(10(16)17)2-3-8(9)14-11-12-4-1-5-13-11/h1-6,15H,(H,16,17)(H,12,13,14). The predicted octanol–water partition coefficient (Wildman–Crippen LogP) is 1.62. The summed E-state index contributed by atoms with van der Waals surface area (Å²) in [5.41, 5.74) is 0.364. The molecule has 0 saturated carbocycles. The number of rotatable bonds is 3. The molecule has 0 amide bonds. The summed E-state index contributed by atoms with van der Waals surface area (Å²) >= 11 is 0. The second-order valence-electron chi connectivity index (χ2n) is 3.23. The first-order valence-corrected chi connectivity index (χ1v) is 4.77. The third kappa shape index (κ3) is 2.49. The van der Waals surface area contributed by atoms with Crippen LogP contribution in [0.25, 0.3) is 0 Å². The van der Waals surface area contributed by atoms with Gasteiger partial charge in [-0.15, -0.1) is 0 Å². The van der Waals surface area contributed by atoms with Crippen molar-refractivity contribution in [3.63, 3.8) is 0 Å². The minimum atomic E-state index is -1.09. The zero-order valence-corrected chi connectivity index (χ0v) is 8.66. The Morgan fingerprint density at radius 1 is 1.24 bits per heavy atom. The van der Waals surface area contributed by atoms with Crippen molar-refractivity contribution < 1.29 is 15.0 Å². The van der Waals surface area contributed by atoms with Crippen molar-refractivity contribution in [2.24, 2.45) is 0 Å². The molecule has 0 bridgehead atoms. The summed E-state index contributed by atoms with van der Waals surface area (Å²) < 4.78 is 0. The van der Waals surface area contributed by atoms with E-state index in [4.69, 9.17) is 5.11 Å². The lowest BCUT2D eigenvalue weighted by Gasteiger charge is -2.06. The highest BCUT2D eigenvalue weighted by molar-refractivity contribution is 5.89. The van der Waals surface area contributed by atoms with Crippen molar-refractivity contribution in [3.8, 4) is 5.75 Å². The maximum Gasteiger partial charge on any atom is 0.335 e. The van der Waals surface area contributed by atoms with Gasteiger partial charge in [0.05, 0.1) is 11.3 Å². The molecule has 0 spiro atoms. The third-order valence-corrected chi connectivity index (χ3v) is 2.06. The Morgan fingerprint density at radius 2 is 1.94 bits per heavy atom. The molecule has 2 rings (SSSR count). The predicted molar refractivity (Wildman–Crippen MR) is 60.4 cm³/mol. The quantitative estimate of drug-likeness (QED) is 0.695. The molecule has 0 fully saturated rings. The van der Waals surface area contributed by atoms with Gasteiger partial charge in [0.25, 0.3) is 0 Å². The molecule has 1 aromatic carbocycles. The van der Waals surface area contributed by atoms with Crippen LogP contribution >= 0.6 is 0 Å². The molecule has 3 N–H and O–H groups in total. The fourth-order valence-electron chi connectivity index (χ4n) is 1.25. The maximum atomic E-state index is 10.7. The van der Waals surface area contributed by atoms with Crippen molar-refractivity contribution in [1.82, 2.24) is 9.97 Å². The molecule has 86 valence electrons. The van der Waals surface area contributed by atoms with E-state index in [9.17, 15) is 9.90 Å². The fourth-order valence-corrected chi connectivity index (χ4v) is 1.25. The Hall–Kier alpha value is -2.63. The van der Waals surface area contributed by atoms with Crippen LogP contribution in [-0.2, 0) is 0 Å². The highest BCUT2D eigenvalue weighted by Crippen LogP contribution is 2.26. The summed E-state index contributed by atoms with van der Waals surface area (Å²) in [5, 5.41) is 21.1. The number of anilines is 2. The summed E-state index contributed by atoms with van der Waals surface area (Å²) in [6.07, 6.45) is 3.11. The van der Waals surface area contributed by atoms with E-state index in [1.54, 1.807) is 18.5 Å². The topological polar surface area (TPSA) is 95.3 Å². The molecular weight excluding hydrogens is 222 g/mol. The second-order valence-corrected chi connectivity index (χ2v) is 3.23. The normalized spacial score (nSPS) is 9.88. The van der Waals surface area contributed by atoms with E-state index in [0.29, 0.717) is 11.6 Å². The van der Waals surface area contributed by atoms with E-state index in [0.717, 1.165) is 6.07 Å². The Balaban J connectivity index is 2.26. The number of phenolic OH excluding ortho intramolecular Hbond substituents is 1. The number of nitrogens with zero attached hydrogens (tertiary/aromatic N) is 2. The van der Waals surface area contributed by atoms with Crippen molar-refractivity contribution in [1.29, 1.82) is 0 Å². The van der Waals surface area contributed by atoms with Gasteiger partial charge in [-0.25, -0.2) is 14.8 Å². The third-order valence-electron chi connectivity index (χ3n) is 2.06. The molecule has 2 aromatic rings. The number of carboxylic acids is 1. The molecule has 0 atom stereocenters. The number of benzene rings is 1. The van der Waals surface area contributed by atoms with Gasteiger partial charge < -0.3 is 15.5 Å². The van der Waals surface area contributed by atoms with E-state index in [2.05, 4.69) is 15.3 Å². The fraction of sp³-hybridized carbons (Fsp3) is 0. The first-order chi connectivity index (χ1) is 8.16. The minimum Gasteiger partial charge on any atom is -0.506 e. The van der Waals surface area contributed by atoms with Gasteiger partial charge in [0, 0.05) is 12.4 Å². The van der Waals surface area contributed by atoms with E-state index in [1.807, 2.05) is 0 Å². The molecule has 0 aliphatic rings. The van der Waals surface area contributed by atoms with Crippen molar-refractivity contribution >= 4 is 17.6 Å². The van der Waals surface area contributed by atoms with Crippen LogP contribution in [0.1, 0.15) is 10.4 Å². The van der Waals surface area contributed by atoms with Gasteiger partial charge >= 0.3 is 5.97 Å². The van der Waals surface area contributed by atoms with Gasteiger partial charge in [0.1, 0.15) is 5.75 Å². The van der Waals surface area contributed by atoms with Gasteiger partial charge in [-0.05, 0) is 24.3 Å². The minimum absolute atomic E-state index is 0.0158. The number of aromatic nitrogens is 2. The van der Waals surface area contributed by atoms with E-state index >= 15 is 0 Å². The number of carboxylic acid groups (broad SMARTS) is 1. The average Bonchev–Trinajstić information content (AvgIpc) is 2.33. The van der Waals surface area contributed by atoms with Crippen LogP contribution in [0, 0.1) is 0 Å². The first-order valence-electron chi connectivity index (χ1n) is 4.77. The zero-order chi connectivity index (χ0) is 12.3. The molecule has 1 aromatic heterocycles. The number of aromatic hydroxyl groups is 1. The van der Waals surface area contributed by atoms with Crippen LogP contribution in [0.4, 0.5) is 11.6 Å². The maximum absolute atomic E-state index is 10.7. The Labute approximate surface area is 96.6 Å². The summed E-state index contributed by atoms with van der Waals surface area (Å²) in [5.74, 6) is -0.939.